The lowest BCUT2D eigenvalue weighted by Gasteiger charge is -2.44. The third-order valence-electron chi connectivity index (χ3n) is 9.36. The first-order chi connectivity index (χ1) is 15.3. The van der Waals surface area contributed by atoms with E-state index in [-0.39, 0.29) is 0 Å². The largest absolute Gasteiger partial charge is 0.393 e. The normalized spacial score (nSPS) is 40.8. The van der Waals surface area contributed by atoms with Gasteiger partial charge in [-0.1, -0.05) is 37.1 Å². The predicted molar refractivity (Wildman–Crippen MR) is 125 cm³/mol. The van der Waals surface area contributed by atoms with Crippen molar-refractivity contribution in [1.29, 1.82) is 0 Å². The predicted octanol–water partition coefficient (Wildman–Crippen LogP) is 5.57. The van der Waals surface area contributed by atoms with Gasteiger partial charge in [-0.3, -0.25) is 0 Å². The molecule has 1 saturated heterocycles. The first-order valence-corrected chi connectivity index (χ1v) is 13.0. The highest BCUT2D eigenvalue weighted by Crippen LogP contribution is 2.59. The Labute approximate surface area is 193 Å². The summed E-state index contributed by atoms with van der Waals surface area (Å²) < 4.78 is 26.0. The molecule has 1 aliphatic heterocycles. The number of halogens is 2. The zero-order valence-electron chi connectivity index (χ0n) is 20.0. The van der Waals surface area contributed by atoms with Crippen molar-refractivity contribution < 1.29 is 19.0 Å². The average Bonchev–Trinajstić information content (AvgIpc) is 3.34. The zero-order valence-corrected chi connectivity index (χ0v) is 20.0. The summed E-state index contributed by atoms with van der Waals surface area (Å²) in [5, 5.41) is 20.0. The van der Waals surface area contributed by atoms with E-state index in [0.717, 1.165) is 19.5 Å². The van der Waals surface area contributed by atoms with Crippen LogP contribution in [0.25, 0.3) is 0 Å². The molecule has 32 heavy (non-hydrogen) atoms. The highest BCUT2D eigenvalue weighted by molar-refractivity contribution is 5.26. The molecule has 0 radical (unpaired) electrons. The first kappa shape index (κ1) is 24.3. The van der Waals surface area contributed by atoms with E-state index in [9.17, 15) is 19.0 Å². The molecule has 2 N–H and O–H groups in total. The van der Waals surface area contributed by atoms with Crippen LogP contribution in [0.1, 0.15) is 78.1 Å². The van der Waals surface area contributed by atoms with Crippen LogP contribution in [-0.4, -0.2) is 53.4 Å². The molecule has 7 atom stereocenters. The number of hydrogen-bond acceptors (Lipinski definition) is 3. The van der Waals surface area contributed by atoms with E-state index in [1.807, 2.05) is 0 Å². The fourth-order valence-electron chi connectivity index (χ4n) is 7.60. The lowest BCUT2D eigenvalue weighted by molar-refractivity contribution is 0.0609. The maximum absolute atomic E-state index is 13.0. The second-order valence-electron chi connectivity index (χ2n) is 11.6. The van der Waals surface area contributed by atoms with Crippen molar-refractivity contribution in [2.24, 2.45) is 29.1 Å². The molecule has 3 nitrogen and oxygen atoms in total. The van der Waals surface area contributed by atoms with Crippen LogP contribution in [0, 0.1) is 29.1 Å². The number of likely N-dealkylation sites (tertiary alicyclic amines) is 1. The number of nitrogens with zero attached hydrogens (tertiary/aromatic N) is 1. The van der Waals surface area contributed by atoms with Crippen LogP contribution in [0.3, 0.4) is 0 Å². The average molecular weight is 452 g/mol. The monoisotopic (exact) mass is 451 g/mol. The molecule has 4 rings (SSSR count). The molecule has 3 aliphatic carbocycles. The molecule has 1 heterocycles. The van der Waals surface area contributed by atoms with Gasteiger partial charge in [0.05, 0.1) is 12.2 Å². The molecule has 0 bridgehead atoms. The highest BCUT2D eigenvalue weighted by Gasteiger charge is 2.50. The van der Waals surface area contributed by atoms with Crippen molar-refractivity contribution in [3.05, 3.63) is 23.3 Å². The summed E-state index contributed by atoms with van der Waals surface area (Å²) in [5.74, 6) is 1.53. The van der Waals surface area contributed by atoms with Crippen molar-refractivity contribution >= 4 is 0 Å². The fraction of sp³-hybridized carbons (Fsp3) is 0.852. The minimum absolute atomic E-state index is 0.337. The van der Waals surface area contributed by atoms with Crippen molar-refractivity contribution in [1.82, 2.24) is 4.90 Å². The first-order valence-electron chi connectivity index (χ1n) is 13.0. The van der Waals surface area contributed by atoms with Crippen LogP contribution in [0.5, 0.6) is 0 Å². The van der Waals surface area contributed by atoms with E-state index in [1.165, 1.54) is 37.7 Å². The Morgan fingerprint density at radius 3 is 2.56 bits per heavy atom. The second kappa shape index (κ2) is 10.2. The van der Waals surface area contributed by atoms with Gasteiger partial charge in [0.25, 0.3) is 0 Å². The molecule has 0 aromatic carbocycles. The zero-order chi connectivity index (χ0) is 22.9. The molecule has 0 aromatic heterocycles. The molecular formula is C27H43F2NO2. The van der Waals surface area contributed by atoms with Gasteiger partial charge in [0.15, 0.2) is 0 Å². The van der Waals surface area contributed by atoms with E-state index in [2.05, 4.69) is 30.9 Å². The maximum Gasteiger partial charge on any atom is 0.242 e. The van der Waals surface area contributed by atoms with Crippen molar-refractivity contribution in [3.8, 4) is 0 Å². The van der Waals surface area contributed by atoms with Crippen molar-refractivity contribution in [3.63, 3.8) is 0 Å². The van der Waals surface area contributed by atoms with Crippen LogP contribution in [0.15, 0.2) is 23.3 Å². The molecule has 0 spiro atoms. The number of aliphatic hydroxyl groups is 2. The Bertz CT molecular complexity index is 696. The van der Waals surface area contributed by atoms with Gasteiger partial charge >= 0.3 is 0 Å². The number of rotatable bonds is 6. The van der Waals surface area contributed by atoms with Gasteiger partial charge in [0.2, 0.25) is 6.43 Å². The van der Waals surface area contributed by atoms with E-state index in [1.54, 1.807) is 5.57 Å². The third-order valence-corrected chi connectivity index (χ3v) is 9.36. The number of aliphatic hydroxyl groups excluding tert-OH is 2. The molecule has 0 aromatic rings. The fourth-order valence-corrected chi connectivity index (χ4v) is 7.60. The Kier molecular flexibility index (Phi) is 7.78. The van der Waals surface area contributed by atoms with Crippen LogP contribution in [-0.2, 0) is 0 Å². The Balaban J connectivity index is 1.37. The Hall–Kier alpha value is -0.780. The topological polar surface area (TPSA) is 43.7 Å². The van der Waals surface area contributed by atoms with Crippen LogP contribution < -0.4 is 0 Å². The van der Waals surface area contributed by atoms with Crippen LogP contribution in [0.4, 0.5) is 8.78 Å². The van der Waals surface area contributed by atoms with Crippen molar-refractivity contribution in [2.45, 2.75) is 96.7 Å². The van der Waals surface area contributed by atoms with Gasteiger partial charge in [0.1, 0.15) is 0 Å². The van der Waals surface area contributed by atoms with Crippen molar-refractivity contribution in [2.75, 3.05) is 19.6 Å². The minimum Gasteiger partial charge on any atom is -0.393 e. The lowest BCUT2D eigenvalue weighted by Crippen LogP contribution is -2.37. The smallest absolute Gasteiger partial charge is 0.242 e. The molecular weight excluding hydrogens is 408 g/mol. The molecule has 0 unspecified atom stereocenters. The van der Waals surface area contributed by atoms with Gasteiger partial charge in [-0.15, -0.1) is 0 Å². The summed E-state index contributed by atoms with van der Waals surface area (Å²) in [4.78, 5) is 2.26. The molecule has 3 saturated carbocycles. The number of fused-ring (bicyclic) bond motifs is 1. The van der Waals surface area contributed by atoms with Crippen LogP contribution >= 0.6 is 0 Å². The molecule has 0 amide bonds. The third kappa shape index (κ3) is 5.31. The van der Waals surface area contributed by atoms with Crippen LogP contribution in [0.2, 0.25) is 0 Å². The summed E-state index contributed by atoms with van der Waals surface area (Å²) in [6, 6.07) is 0. The highest BCUT2D eigenvalue weighted by atomic mass is 19.3. The van der Waals surface area contributed by atoms with E-state index in [0.29, 0.717) is 55.4 Å². The number of hydrogen-bond donors (Lipinski definition) is 2. The molecule has 4 aliphatic rings. The van der Waals surface area contributed by atoms with Gasteiger partial charge in [-0.2, -0.15) is 0 Å². The molecule has 4 fully saturated rings. The summed E-state index contributed by atoms with van der Waals surface area (Å²) in [6.45, 7) is 7.25. The summed E-state index contributed by atoms with van der Waals surface area (Å²) in [5.41, 5.74) is 3.07. The van der Waals surface area contributed by atoms with Gasteiger partial charge < -0.3 is 15.1 Å². The van der Waals surface area contributed by atoms with Gasteiger partial charge in [0, 0.05) is 12.5 Å². The number of alkyl halides is 2. The van der Waals surface area contributed by atoms with Gasteiger partial charge in [-0.05, 0) is 100 Å². The standard InChI is InChI=1S/C27H43F2NO2/c1-18(9-12-30-13-10-21(17-30)26(28)29)24-7-8-25-20(4-3-11-27(24,25)2)6-5-19-14-22(31)16-23(32)15-19/h5-6,18,21-26,31-32H,3-4,7-17H2,1-2H3/b20-6+/t18-,21-,22-,23-,24-,25+,27-/m1/s1. The molecule has 5 heteroatoms. The van der Waals surface area contributed by atoms with E-state index >= 15 is 0 Å². The SMILES string of the molecule is C[C@H](CCN1CC[C@@H](C(F)F)C1)[C@H]1CC[C@H]2/C(=C/C=C3C[C@@H](O)C[C@H](O)C3)CCC[C@]12C. The second-order valence-corrected chi connectivity index (χ2v) is 11.6. The minimum atomic E-state index is -2.17. The summed E-state index contributed by atoms with van der Waals surface area (Å²) in [6.07, 6.45) is 11.4. The van der Waals surface area contributed by atoms with Gasteiger partial charge in [-0.25, -0.2) is 8.78 Å². The number of allylic oxidation sites excluding steroid dienone is 3. The summed E-state index contributed by atoms with van der Waals surface area (Å²) >= 11 is 0. The Morgan fingerprint density at radius 1 is 1.12 bits per heavy atom. The quantitative estimate of drug-likeness (QED) is 0.554. The summed E-state index contributed by atoms with van der Waals surface area (Å²) in [7, 11) is 0. The van der Waals surface area contributed by atoms with E-state index < -0.39 is 24.6 Å². The molecule has 182 valence electrons. The lowest BCUT2D eigenvalue weighted by atomic mass is 9.61. The van der Waals surface area contributed by atoms with E-state index in [4.69, 9.17) is 0 Å². The Morgan fingerprint density at radius 2 is 1.88 bits per heavy atom. The maximum atomic E-state index is 13.0.